The number of hydrogen-bond acceptors (Lipinski definition) is 2. The third-order valence-electron chi connectivity index (χ3n) is 1.44. The van der Waals surface area contributed by atoms with E-state index in [0.717, 1.165) is 17.4 Å². The number of rotatable bonds is 3. The average Bonchev–Trinajstić information content (AvgIpc) is 2.01. The first-order chi connectivity index (χ1) is 5.68. The molecule has 0 bridgehead atoms. The fourth-order valence-corrected chi connectivity index (χ4v) is 1.79. The first-order valence-corrected chi connectivity index (χ1v) is 5.15. The quantitative estimate of drug-likeness (QED) is 0.573. The molecule has 0 atom stereocenters. The molecule has 0 spiro atoms. The Kier molecular flexibility index (Phi) is 3.48. The molecule has 2 heteroatoms. The molecule has 0 saturated carbocycles. The molecule has 1 aromatic carbocycles. The lowest BCUT2D eigenvalue weighted by molar-refractivity contribution is 0.750. The Balaban J connectivity index is 2.52. The third-order valence-corrected chi connectivity index (χ3v) is 2.86. The predicted molar refractivity (Wildman–Crippen MR) is 56.4 cm³/mol. The highest BCUT2D eigenvalue weighted by atomic mass is 32.2. The van der Waals surface area contributed by atoms with E-state index in [1.807, 2.05) is 30.0 Å². The summed E-state index contributed by atoms with van der Waals surface area (Å²) in [5, 5.41) is 0. The van der Waals surface area contributed by atoms with Crippen molar-refractivity contribution in [2.45, 2.75) is 18.7 Å². The summed E-state index contributed by atoms with van der Waals surface area (Å²) in [5.41, 5.74) is 6.50. The summed E-state index contributed by atoms with van der Waals surface area (Å²) in [5.74, 6) is 1.89. The Morgan fingerprint density at radius 3 is 2.75 bits per heavy atom. The van der Waals surface area contributed by atoms with Crippen LogP contribution in [-0.2, 0) is 0 Å². The number of anilines is 1. The molecular formula is C10H15NS. The third kappa shape index (κ3) is 3.18. The average molecular weight is 181 g/mol. The molecule has 66 valence electrons. The molecule has 12 heavy (non-hydrogen) atoms. The first kappa shape index (κ1) is 9.46. The van der Waals surface area contributed by atoms with Gasteiger partial charge in [-0.2, -0.15) is 0 Å². The van der Waals surface area contributed by atoms with Crippen molar-refractivity contribution in [1.29, 1.82) is 0 Å². The van der Waals surface area contributed by atoms with E-state index in [0.29, 0.717) is 0 Å². The normalized spacial score (nSPS) is 10.6. The van der Waals surface area contributed by atoms with Crippen LogP contribution in [0.2, 0.25) is 0 Å². The van der Waals surface area contributed by atoms with Crippen LogP contribution in [0.5, 0.6) is 0 Å². The maximum absolute atomic E-state index is 5.65. The van der Waals surface area contributed by atoms with Crippen LogP contribution in [0.15, 0.2) is 29.2 Å². The van der Waals surface area contributed by atoms with Crippen molar-refractivity contribution in [3.8, 4) is 0 Å². The summed E-state index contributed by atoms with van der Waals surface area (Å²) >= 11 is 1.86. The molecule has 0 saturated heterocycles. The highest BCUT2D eigenvalue weighted by Gasteiger charge is 1.96. The second kappa shape index (κ2) is 4.41. The summed E-state index contributed by atoms with van der Waals surface area (Å²) in [6.07, 6.45) is 0. The molecular weight excluding hydrogens is 166 g/mol. The van der Waals surface area contributed by atoms with Crippen molar-refractivity contribution >= 4 is 17.4 Å². The highest BCUT2D eigenvalue weighted by molar-refractivity contribution is 7.99. The molecule has 0 aliphatic heterocycles. The molecule has 2 N–H and O–H groups in total. The summed E-state index contributed by atoms with van der Waals surface area (Å²) < 4.78 is 0. The maximum Gasteiger partial charge on any atom is 0.0325 e. The Morgan fingerprint density at radius 1 is 1.42 bits per heavy atom. The maximum atomic E-state index is 5.65. The minimum Gasteiger partial charge on any atom is -0.399 e. The van der Waals surface area contributed by atoms with Crippen LogP contribution in [-0.4, -0.2) is 5.75 Å². The lowest BCUT2D eigenvalue weighted by Crippen LogP contribution is -1.90. The van der Waals surface area contributed by atoms with E-state index in [4.69, 9.17) is 5.73 Å². The fourth-order valence-electron chi connectivity index (χ4n) is 0.867. The minimum atomic E-state index is 0.733. The van der Waals surface area contributed by atoms with E-state index in [1.54, 1.807) is 0 Å². The minimum absolute atomic E-state index is 0.733. The largest absolute Gasteiger partial charge is 0.399 e. The van der Waals surface area contributed by atoms with Crippen LogP contribution in [0.3, 0.4) is 0 Å². The van der Waals surface area contributed by atoms with Gasteiger partial charge in [0.05, 0.1) is 0 Å². The molecule has 1 rings (SSSR count). The zero-order valence-electron chi connectivity index (χ0n) is 7.58. The standard InChI is InChI=1S/C10H15NS/c1-8(2)7-12-10-5-3-4-9(11)6-10/h3-6,8H,7,11H2,1-2H3. The van der Waals surface area contributed by atoms with Gasteiger partial charge in [-0.15, -0.1) is 11.8 Å². The van der Waals surface area contributed by atoms with Gasteiger partial charge in [0, 0.05) is 16.3 Å². The fraction of sp³-hybridized carbons (Fsp3) is 0.400. The number of nitrogens with two attached hydrogens (primary N) is 1. The molecule has 1 aromatic rings. The van der Waals surface area contributed by atoms with Gasteiger partial charge in [-0.3, -0.25) is 0 Å². The van der Waals surface area contributed by atoms with E-state index < -0.39 is 0 Å². The zero-order chi connectivity index (χ0) is 8.97. The predicted octanol–water partition coefficient (Wildman–Crippen LogP) is 3.02. The number of thioether (sulfide) groups is 1. The topological polar surface area (TPSA) is 26.0 Å². The first-order valence-electron chi connectivity index (χ1n) is 4.17. The van der Waals surface area contributed by atoms with Crippen molar-refractivity contribution in [2.24, 2.45) is 5.92 Å². The molecule has 0 aliphatic rings. The lowest BCUT2D eigenvalue weighted by atomic mass is 10.3. The Hall–Kier alpha value is -0.630. The second-order valence-electron chi connectivity index (χ2n) is 3.28. The smallest absolute Gasteiger partial charge is 0.0325 e. The summed E-state index contributed by atoms with van der Waals surface area (Å²) in [7, 11) is 0. The number of nitrogen functional groups attached to an aromatic ring is 1. The molecule has 0 radical (unpaired) electrons. The highest BCUT2D eigenvalue weighted by Crippen LogP contribution is 2.21. The van der Waals surface area contributed by atoms with Crippen LogP contribution in [0.1, 0.15) is 13.8 Å². The monoisotopic (exact) mass is 181 g/mol. The summed E-state index contributed by atoms with van der Waals surface area (Å²) in [6, 6.07) is 8.04. The van der Waals surface area contributed by atoms with E-state index in [1.165, 1.54) is 4.90 Å². The Bertz CT molecular complexity index is 245. The van der Waals surface area contributed by atoms with Crippen LogP contribution >= 0.6 is 11.8 Å². The second-order valence-corrected chi connectivity index (χ2v) is 4.37. The Labute approximate surface area is 78.4 Å². The van der Waals surface area contributed by atoms with Gasteiger partial charge >= 0.3 is 0 Å². The summed E-state index contributed by atoms with van der Waals surface area (Å²) in [4.78, 5) is 1.27. The van der Waals surface area contributed by atoms with E-state index >= 15 is 0 Å². The molecule has 0 aromatic heterocycles. The molecule has 0 heterocycles. The van der Waals surface area contributed by atoms with Gasteiger partial charge in [-0.1, -0.05) is 19.9 Å². The zero-order valence-corrected chi connectivity index (χ0v) is 8.40. The lowest BCUT2D eigenvalue weighted by Gasteiger charge is -2.04. The van der Waals surface area contributed by atoms with E-state index in [9.17, 15) is 0 Å². The molecule has 1 nitrogen and oxygen atoms in total. The van der Waals surface area contributed by atoms with Crippen LogP contribution in [0.4, 0.5) is 5.69 Å². The molecule has 0 fully saturated rings. The number of benzene rings is 1. The van der Waals surface area contributed by atoms with Gasteiger partial charge in [0.15, 0.2) is 0 Å². The van der Waals surface area contributed by atoms with Crippen molar-refractivity contribution in [3.05, 3.63) is 24.3 Å². The Morgan fingerprint density at radius 2 is 2.17 bits per heavy atom. The van der Waals surface area contributed by atoms with Gasteiger partial charge in [-0.05, 0) is 24.1 Å². The van der Waals surface area contributed by atoms with Crippen LogP contribution < -0.4 is 5.73 Å². The van der Waals surface area contributed by atoms with E-state index in [2.05, 4.69) is 19.9 Å². The number of hydrogen-bond donors (Lipinski definition) is 1. The van der Waals surface area contributed by atoms with Gasteiger partial charge in [-0.25, -0.2) is 0 Å². The van der Waals surface area contributed by atoms with Gasteiger partial charge < -0.3 is 5.73 Å². The van der Waals surface area contributed by atoms with Gasteiger partial charge in [0.1, 0.15) is 0 Å². The van der Waals surface area contributed by atoms with E-state index in [-0.39, 0.29) is 0 Å². The van der Waals surface area contributed by atoms with Crippen molar-refractivity contribution in [2.75, 3.05) is 11.5 Å². The SMILES string of the molecule is CC(C)CSc1cccc(N)c1. The van der Waals surface area contributed by atoms with Crippen molar-refractivity contribution in [1.82, 2.24) is 0 Å². The van der Waals surface area contributed by atoms with Gasteiger partial charge in [0.25, 0.3) is 0 Å². The van der Waals surface area contributed by atoms with Gasteiger partial charge in [0.2, 0.25) is 0 Å². The molecule has 0 unspecified atom stereocenters. The van der Waals surface area contributed by atoms with Crippen LogP contribution in [0.25, 0.3) is 0 Å². The molecule has 0 aliphatic carbocycles. The van der Waals surface area contributed by atoms with Crippen molar-refractivity contribution in [3.63, 3.8) is 0 Å². The van der Waals surface area contributed by atoms with Crippen LogP contribution in [0, 0.1) is 5.92 Å². The molecule has 0 amide bonds. The summed E-state index contributed by atoms with van der Waals surface area (Å²) in [6.45, 7) is 4.44. The van der Waals surface area contributed by atoms with Crippen molar-refractivity contribution < 1.29 is 0 Å².